The number of rotatable bonds is 5. The van der Waals surface area contributed by atoms with Crippen LogP contribution in [0.2, 0.25) is 5.15 Å². The lowest BCUT2D eigenvalue weighted by Gasteiger charge is -2.19. The molecule has 0 aliphatic heterocycles. The van der Waals surface area contributed by atoms with Gasteiger partial charge >= 0.3 is 0 Å². The van der Waals surface area contributed by atoms with Crippen molar-refractivity contribution in [2.45, 2.75) is 25.0 Å². The van der Waals surface area contributed by atoms with Gasteiger partial charge in [-0.05, 0) is 12.2 Å². The highest BCUT2D eigenvalue weighted by atomic mass is 35.5. The summed E-state index contributed by atoms with van der Waals surface area (Å²) < 4.78 is 0. The molecular formula is C10H15ClN4OS. The van der Waals surface area contributed by atoms with Gasteiger partial charge in [-0.25, -0.2) is 9.97 Å². The van der Waals surface area contributed by atoms with Crippen molar-refractivity contribution in [2.75, 3.05) is 11.6 Å². The van der Waals surface area contributed by atoms with Crippen molar-refractivity contribution in [1.82, 2.24) is 9.97 Å². The Morgan fingerprint density at radius 2 is 2.18 bits per heavy atom. The monoisotopic (exact) mass is 274 g/mol. The van der Waals surface area contributed by atoms with Gasteiger partial charge in [0.1, 0.15) is 17.0 Å². The summed E-state index contributed by atoms with van der Waals surface area (Å²) in [5.74, 6) is 0.159. The fourth-order valence-electron chi connectivity index (χ4n) is 1.29. The van der Waals surface area contributed by atoms with E-state index < -0.39 is 11.9 Å². The Hall–Kier alpha value is -1.01. The van der Waals surface area contributed by atoms with E-state index in [1.165, 1.54) is 11.8 Å². The molecule has 0 saturated carbocycles. The van der Waals surface area contributed by atoms with Crippen LogP contribution in [0.5, 0.6) is 0 Å². The van der Waals surface area contributed by atoms with Gasteiger partial charge in [0.25, 0.3) is 0 Å². The number of nitrogens with one attached hydrogen (secondary N) is 1. The maximum absolute atomic E-state index is 11.3. The van der Waals surface area contributed by atoms with E-state index in [4.69, 9.17) is 17.3 Å². The van der Waals surface area contributed by atoms with Gasteiger partial charge in [-0.15, -0.1) is 0 Å². The number of aromatic nitrogens is 2. The quantitative estimate of drug-likeness (QED) is 0.486. The molecule has 0 aliphatic rings. The van der Waals surface area contributed by atoms with E-state index in [0.717, 1.165) is 0 Å². The number of anilines is 1. The van der Waals surface area contributed by atoms with Gasteiger partial charge in [0.05, 0.1) is 0 Å². The number of nitrogens with zero attached hydrogens (tertiary/aromatic N) is 2. The van der Waals surface area contributed by atoms with Crippen LogP contribution in [0, 0.1) is 5.92 Å². The molecule has 0 aliphatic carbocycles. The number of halogens is 1. The van der Waals surface area contributed by atoms with Crippen LogP contribution < -0.4 is 11.1 Å². The summed E-state index contributed by atoms with van der Waals surface area (Å²) in [6.45, 7) is 3.81. The zero-order chi connectivity index (χ0) is 13.0. The van der Waals surface area contributed by atoms with Crippen LogP contribution in [0.25, 0.3) is 0 Å². The molecule has 1 rings (SSSR count). The zero-order valence-electron chi connectivity index (χ0n) is 9.90. The first-order chi connectivity index (χ1) is 7.93. The van der Waals surface area contributed by atoms with Gasteiger partial charge < -0.3 is 11.1 Å². The van der Waals surface area contributed by atoms with Crippen LogP contribution in [0.4, 0.5) is 5.82 Å². The van der Waals surface area contributed by atoms with Crippen molar-refractivity contribution in [3.05, 3.63) is 11.2 Å². The predicted octanol–water partition coefficient (Wildman–Crippen LogP) is 1.77. The van der Waals surface area contributed by atoms with Gasteiger partial charge in [0.15, 0.2) is 5.16 Å². The molecule has 0 radical (unpaired) electrons. The number of carbonyl (C=O) groups excluding carboxylic acids is 1. The molecule has 17 heavy (non-hydrogen) atoms. The van der Waals surface area contributed by atoms with E-state index in [-0.39, 0.29) is 5.92 Å². The van der Waals surface area contributed by atoms with Crippen LogP contribution in [0.15, 0.2) is 11.2 Å². The number of hydrogen-bond donors (Lipinski definition) is 2. The number of primary amides is 1. The Bertz CT molecular complexity index is 413. The predicted molar refractivity (Wildman–Crippen MR) is 70.3 cm³/mol. The summed E-state index contributed by atoms with van der Waals surface area (Å²) in [5.41, 5.74) is 5.31. The molecule has 0 fully saturated rings. The third-order valence-corrected chi connectivity index (χ3v) is 2.87. The van der Waals surface area contributed by atoms with Gasteiger partial charge in [0.2, 0.25) is 5.91 Å². The van der Waals surface area contributed by atoms with Crippen LogP contribution >= 0.6 is 23.4 Å². The Morgan fingerprint density at radius 1 is 1.53 bits per heavy atom. The Labute approximate surface area is 110 Å². The van der Waals surface area contributed by atoms with Gasteiger partial charge in [-0.3, -0.25) is 4.79 Å². The highest BCUT2D eigenvalue weighted by Crippen LogP contribution is 2.18. The van der Waals surface area contributed by atoms with Crippen molar-refractivity contribution in [2.24, 2.45) is 11.7 Å². The van der Waals surface area contributed by atoms with E-state index in [2.05, 4.69) is 15.3 Å². The van der Waals surface area contributed by atoms with Crippen molar-refractivity contribution >= 4 is 35.1 Å². The third-order valence-electron chi connectivity index (χ3n) is 2.13. The second-order valence-electron chi connectivity index (χ2n) is 3.83. The first-order valence-electron chi connectivity index (χ1n) is 5.08. The van der Waals surface area contributed by atoms with Gasteiger partial charge in [-0.2, -0.15) is 0 Å². The van der Waals surface area contributed by atoms with Crippen molar-refractivity contribution in [1.29, 1.82) is 0 Å². The summed E-state index contributed by atoms with van der Waals surface area (Å²) in [6, 6.07) is 1.09. The number of amides is 1. The maximum atomic E-state index is 11.3. The van der Waals surface area contributed by atoms with E-state index in [1.807, 2.05) is 20.1 Å². The fraction of sp³-hybridized carbons (Fsp3) is 0.500. The van der Waals surface area contributed by atoms with Crippen molar-refractivity contribution in [3.8, 4) is 0 Å². The minimum atomic E-state index is -0.476. The number of hydrogen-bond acceptors (Lipinski definition) is 5. The molecule has 7 heteroatoms. The second-order valence-corrected chi connectivity index (χ2v) is 4.99. The molecule has 5 nitrogen and oxygen atoms in total. The average molecular weight is 275 g/mol. The normalized spacial score (nSPS) is 12.5. The molecule has 1 aromatic rings. The smallest absolute Gasteiger partial charge is 0.240 e. The third kappa shape index (κ3) is 4.05. The minimum Gasteiger partial charge on any atom is -0.368 e. The minimum absolute atomic E-state index is 0.0685. The Balaban J connectivity index is 2.93. The van der Waals surface area contributed by atoms with Crippen LogP contribution in [-0.2, 0) is 4.79 Å². The lowest BCUT2D eigenvalue weighted by molar-refractivity contribution is -0.119. The summed E-state index contributed by atoms with van der Waals surface area (Å²) >= 11 is 7.23. The second kappa shape index (κ2) is 6.07. The van der Waals surface area contributed by atoms with Crippen LogP contribution in [-0.4, -0.2) is 28.2 Å². The molecule has 1 aromatic heterocycles. The largest absolute Gasteiger partial charge is 0.368 e. The van der Waals surface area contributed by atoms with E-state index >= 15 is 0 Å². The lowest BCUT2D eigenvalue weighted by atomic mass is 10.0. The number of nitrogens with two attached hydrogens (primary N) is 1. The first kappa shape index (κ1) is 14.1. The molecule has 0 bridgehead atoms. The fourth-order valence-corrected chi connectivity index (χ4v) is 1.90. The SMILES string of the molecule is CSc1nc(Cl)cc(NC(C(N)=O)C(C)C)n1. The van der Waals surface area contributed by atoms with Crippen LogP contribution in [0.3, 0.4) is 0 Å². The number of thioether (sulfide) groups is 1. The topological polar surface area (TPSA) is 80.9 Å². The summed E-state index contributed by atoms with van der Waals surface area (Å²) in [5, 5.41) is 3.85. The number of carbonyl (C=O) groups is 1. The molecule has 0 spiro atoms. The van der Waals surface area contributed by atoms with Gasteiger partial charge in [-0.1, -0.05) is 37.2 Å². The molecule has 1 atom stereocenters. The molecule has 94 valence electrons. The first-order valence-corrected chi connectivity index (χ1v) is 6.68. The molecule has 1 heterocycles. The molecule has 0 aromatic carbocycles. The van der Waals surface area contributed by atoms with Gasteiger partial charge in [0, 0.05) is 6.07 Å². The van der Waals surface area contributed by atoms with Crippen LogP contribution in [0.1, 0.15) is 13.8 Å². The van der Waals surface area contributed by atoms with E-state index in [9.17, 15) is 4.79 Å². The van der Waals surface area contributed by atoms with Crippen molar-refractivity contribution < 1.29 is 4.79 Å². The highest BCUT2D eigenvalue weighted by molar-refractivity contribution is 7.98. The summed E-state index contributed by atoms with van der Waals surface area (Å²) in [4.78, 5) is 19.5. The Kier molecular flexibility index (Phi) is 5.02. The summed E-state index contributed by atoms with van der Waals surface area (Å²) in [7, 11) is 0. The molecule has 1 unspecified atom stereocenters. The molecule has 0 saturated heterocycles. The highest BCUT2D eigenvalue weighted by Gasteiger charge is 2.20. The molecule has 3 N–H and O–H groups in total. The molecular weight excluding hydrogens is 260 g/mol. The van der Waals surface area contributed by atoms with Crippen molar-refractivity contribution in [3.63, 3.8) is 0 Å². The standard InChI is InChI=1S/C10H15ClN4OS/c1-5(2)8(9(12)16)14-7-4-6(11)13-10(15-7)17-3/h4-5,8H,1-3H3,(H2,12,16)(H,13,14,15). The van der Waals surface area contributed by atoms with E-state index in [1.54, 1.807) is 6.07 Å². The van der Waals surface area contributed by atoms with E-state index in [0.29, 0.717) is 16.1 Å². The molecule has 1 amide bonds. The maximum Gasteiger partial charge on any atom is 0.240 e. The summed E-state index contributed by atoms with van der Waals surface area (Å²) in [6.07, 6.45) is 1.85. The average Bonchev–Trinajstić information content (AvgIpc) is 2.24. The lowest BCUT2D eigenvalue weighted by Crippen LogP contribution is -2.39. The zero-order valence-corrected chi connectivity index (χ0v) is 11.5. The Morgan fingerprint density at radius 3 is 2.65 bits per heavy atom.